The number of anilines is 1. The largest absolute Gasteiger partial charge is 0.416 e. The fraction of sp³-hybridized carbons (Fsp3) is 0.500. The molecule has 1 aromatic heterocycles. The molecular weight excluding hydrogens is 361 g/mol. The Kier molecular flexibility index (Phi) is 6.10. The van der Waals surface area contributed by atoms with E-state index in [0.717, 1.165) is 44.5 Å². The summed E-state index contributed by atoms with van der Waals surface area (Å²) in [7, 11) is 0. The van der Waals surface area contributed by atoms with Crippen molar-refractivity contribution >= 4 is 11.6 Å². The zero-order chi connectivity index (χ0) is 19.3. The van der Waals surface area contributed by atoms with Gasteiger partial charge in [0.1, 0.15) is 0 Å². The van der Waals surface area contributed by atoms with Gasteiger partial charge in [-0.1, -0.05) is 5.16 Å². The predicted octanol–water partition coefficient (Wildman–Crippen LogP) is 3.72. The molecule has 1 amide bonds. The topological polar surface area (TPSA) is 71.3 Å². The van der Waals surface area contributed by atoms with Gasteiger partial charge in [0.2, 0.25) is 12.3 Å². The number of rotatable bonds is 6. The molecule has 0 saturated carbocycles. The Bertz CT molecular complexity index is 732. The summed E-state index contributed by atoms with van der Waals surface area (Å²) in [4.78, 5) is 18.4. The fourth-order valence-electron chi connectivity index (χ4n) is 3.29. The van der Waals surface area contributed by atoms with Gasteiger partial charge in [-0.05, 0) is 56.0 Å². The van der Waals surface area contributed by atoms with Crippen LogP contribution in [0.4, 0.5) is 18.9 Å². The van der Waals surface area contributed by atoms with Crippen LogP contribution >= 0.6 is 0 Å². The van der Waals surface area contributed by atoms with E-state index >= 15 is 0 Å². The summed E-state index contributed by atoms with van der Waals surface area (Å²) in [5, 5.41) is 6.47. The molecule has 0 aliphatic carbocycles. The third kappa shape index (κ3) is 5.78. The van der Waals surface area contributed by atoms with Crippen molar-refractivity contribution in [2.75, 3.05) is 18.4 Å². The molecule has 1 fully saturated rings. The molecule has 6 nitrogen and oxygen atoms in total. The van der Waals surface area contributed by atoms with Gasteiger partial charge < -0.3 is 9.84 Å². The molecule has 0 bridgehead atoms. The van der Waals surface area contributed by atoms with Crippen molar-refractivity contribution in [3.63, 3.8) is 0 Å². The van der Waals surface area contributed by atoms with Gasteiger partial charge in [-0.15, -0.1) is 0 Å². The van der Waals surface area contributed by atoms with E-state index in [9.17, 15) is 18.0 Å². The monoisotopic (exact) mass is 382 g/mol. The number of likely N-dealkylation sites (tertiary alicyclic amines) is 1. The van der Waals surface area contributed by atoms with Crippen molar-refractivity contribution < 1.29 is 22.5 Å². The number of hydrogen-bond donors (Lipinski definition) is 1. The van der Waals surface area contributed by atoms with E-state index in [2.05, 4.69) is 20.4 Å². The number of halogens is 3. The zero-order valence-corrected chi connectivity index (χ0v) is 14.7. The molecule has 2 aromatic rings. The van der Waals surface area contributed by atoms with E-state index < -0.39 is 11.7 Å². The molecule has 146 valence electrons. The van der Waals surface area contributed by atoms with Crippen molar-refractivity contribution in [3.8, 4) is 0 Å². The van der Waals surface area contributed by atoms with Crippen LogP contribution in [0, 0.1) is 5.92 Å². The van der Waals surface area contributed by atoms with Gasteiger partial charge >= 0.3 is 6.18 Å². The summed E-state index contributed by atoms with van der Waals surface area (Å²) in [5.41, 5.74) is -0.361. The number of carbonyl (C=O) groups excluding carboxylic acids is 1. The average molecular weight is 382 g/mol. The lowest BCUT2D eigenvalue weighted by Crippen LogP contribution is -2.35. The number of alkyl halides is 3. The molecule has 27 heavy (non-hydrogen) atoms. The molecular formula is C18H21F3N4O2. The van der Waals surface area contributed by atoms with Crippen molar-refractivity contribution in [3.05, 3.63) is 42.0 Å². The van der Waals surface area contributed by atoms with Gasteiger partial charge in [0, 0.05) is 18.7 Å². The molecule has 2 heterocycles. The number of aromatic nitrogens is 2. The minimum atomic E-state index is -4.38. The summed E-state index contributed by atoms with van der Waals surface area (Å²) < 4.78 is 42.4. The first kappa shape index (κ1) is 19.3. The van der Waals surface area contributed by atoms with Crippen LogP contribution < -0.4 is 5.32 Å². The highest BCUT2D eigenvalue weighted by Gasteiger charge is 2.30. The highest BCUT2D eigenvalue weighted by molar-refractivity contribution is 5.90. The van der Waals surface area contributed by atoms with Gasteiger partial charge in [0.05, 0.1) is 12.1 Å². The van der Waals surface area contributed by atoms with Crippen LogP contribution in [0.25, 0.3) is 0 Å². The summed E-state index contributed by atoms with van der Waals surface area (Å²) >= 11 is 0. The number of piperidine rings is 1. The minimum Gasteiger partial charge on any atom is -0.343 e. The number of nitrogens with zero attached hydrogens (tertiary/aromatic N) is 3. The molecule has 1 aliphatic heterocycles. The fourth-order valence-corrected chi connectivity index (χ4v) is 3.29. The van der Waals surface area contributed by atoms with E-state index in [-0.39, 0.29) is 5.91 Å². The molecule has 1 atom stereocenters. The van der Waals surface area contributed by atoms with Crippen molar-refractivity contribution in [1.82, 2.24) is 15.0 Å². The van der Waals surface area contributed by atoms with Crippen molar-refractivity contribution in [1.29, 1.82) is 0 Å². The second kappa shape index (κ2) is 8.51. The van der Waals surface area contributed by atoms with Crippen molar-refractivity contribution in [2.45, 2.75) is 38.4 Å². The lowest BCUT2D eigenvalue weighted by atomic mass is 9.93. The Hall–Kier alpha value is -2.42. The third-order valence-corrected chi connectivity index (χ3v) is 4.65. The van der Waals surface area contributed by atoms with E-state index in [1.807, 2.05) is 0 Å². The van der Waals surface area contributed by atoms with Crippen LogP contribution in [0.2, 0.25) is 0 Å². The summed E-state index contributed by atoms with van der Waals surface area (Å²) in [6.07, 6.45) is 0.0928. The van der Waals surface area contributed by atoms with Gasteiger partial charge in [0.25, 0.3) is 0 Å². The van der Waals surface area contributed by atoms with Crippen LogP contribution in [0.15, 0.2) is 35.2 Å². The number of nitrogens with one attached hydrogen (secondary N) is 1. The number of carbonyl (C=O) groups is 1. The maximum Gasteiger partial charge on any atom is 0.416 e. The molecule has 0 radical (unpaired) electrons. The number of benzene rings is 1. The SMILES string of the molecule is O=C(CC[C@H]1CCCN(Cc2ncon2)C1)Nc1ccc(C(F)(F)F)cc1. The lowest BCUT2D eigenvalue weighted by molar-refractivity contribution is -0.137. The third-order valence-electron chi connectivity index (χ3n) is 4.65. The first-order valence-corrected chi connectivity index (χ1v) is 8.85. The molecule has 1 aliphatic rings. The van der Waals surface area contributed by atoms with E-state index in [1.165, 1.54) is 18.5 Å². The summed E-state index contributed by atoms with van der Waals surface area (Å²) in [6.45, 7) is 2.45. The van der Waals surface area contributed by atoms with Gasteiger partial charge in [0.15, 0.2) is 5.82 Å². The maximum absolute atomic E-state index is 12.6. The highest BCUT2D eigenvalue weighted by Crippen LogP contribution is 2.30. The Morgan fingerprint density at radius 2 is 2.07 bits per heavy atom. The van der Waals surface area contributed by atoms with Gasteiger partial charge in [-0.3, -0.25) is 9.69 Å². The quantitative estimate of drug-likeness (QED) is 0.825. The lowest BCUT2D eigenvalue weighted by Gasteiger charge is -2.31. The minimum absolute atomic E-state index is 0.190. The van der Waals surface area contributed by atoms with Gasteiger partial charge in [-0.25, -0.2) is 0 Å². The zero-order valence-electron chi connectivity index (χ0n) is 14.7. The number of hydrogen-bond acceptors (Lipinski definition) is 5. The molecule has 9 heteroatoms. The molecule has 1 saturated heterocycles. The smallest absolute Gasteiger partial charge is 0.343 e. The van der Waals surface area contributed by atoms with E-state index in [0.29, 0.717) is 30.4 Å². The molecule has 3 rings (SSSR count). The second-order valence-electron chi connectivity index (χ2n) is 6.75. The van der Waals surface area contributed by atoms with Crippen LogP contribution in [0.1, 0.15) is 37.1 Å². The average Bonchev–Trinajstić information content (AvgIpc) is 3.13. The Morgan fingerprint density at radius 1 is 1.30 bits per heavy atom. The molecule has 1 aromatic carbocycles. The predicted molar refractivity (Wildman–Crippen MR) is 91.6 cm³/mol. The van der Waals surface area contributed by atoms with Crippen molar-refractivity contribution in [2.24, 2.45) is 5.92 Å². The Labute approximate surface area is 154 Å². The molecule has 1 N–H and O–H groups in total. The molecule has 0 spiro atoms. The first-order valence-electron chi connectivity index (χ1n) is 8.85. The van der Waals surface area contributed by atoms with Crippen LogP contribution in [0.5, 0.6) is 0 Å². The normalized spacial score (nSPS) is 18.4. The van der Waals surface area contributed by atoms with Gasteiger partial charge in [-0.2, -0.15) is 18.2 Å². The standard InChI is InChI=1S/C18H21F3N4O2/c19-18(20,21)14-4-6-15(7-5-14)23-17(26)8-3-13-2-1-9-25(10-13)11-16-22-12-27-24-16/h4-7,12-13H,1-3,8-11H2,(H,23,26)/t13-/m1/s1. The van der Waals surface area contributed by atoms with Crippen LogP contribution in [-0.4, -0.2) is 34.0 Å². The van der Waals surface area contributed by atoms with E-state index in [4.69, 9.17) is 4.52 Å². The van der Waals surface area contributed by atoms with E-state index in [1.54, 1.807) is 0 Å². The Morgan fingerprint density at radius 3 is 2.74 bits per heavy atom. The number of amides is 1. The Balaban J connectivity index is 1.43. The van der Waals surface area contributed by atoms with Crippen LogP contribution in [-0.2, 0) is 17.5 Å². The second-order valence-corrected chi connectivity index (χ2v) is 6.75. The summed E-state index contributed by atoms with van der Waals surface area (Å²) in [5.74, 6) is 0.852. The summed E-state index contributed by atoms with van der Waals surface area (Å²) in [6, 6.07) is 4.47. The molecule has 0 unspecified atom stereocenters. The first-order chi connectivity index (χ1) is 12.9. The highest BCUT2D eigenvalue weighted by atomic mass is 19.4. The van der Waals surface area contributed by atoms with Crippen LogP contribution in [0.3, 0.4) is 0 Å². The maximum atomic E-state index is 12.6.